The smallest absolute Gasteiger partial charge is 0.295 e. The van der Waals surface area contributed by atoms with E-state index in [-0.39, 0.29) is 11.3 Å². The first-order valence-electron chi connectivity index (χ1n) is 10.2. The molecule has 1 amide bonds. The van der Waals surface area contributed by atoms with Crippen molar-refractivity contribution in [2.45, 2.75) is 26.3 Å². The molecule has 29 heavy (non-hydrogen) atoms. The fourth-order valence-corrected chi connectivity index (χ4v) is 3.85. The summed E-state index contributed by atoms with van der Waals surface area (Å²) in [5.74, 6) is -1.29. The lowest BCUT2D eigenvalue weighted by Crippen LogP contribution is -2.33. The van der Waals surface area contributed by atoms with Crippen molar-refractivity contribution in [3.8, 4) is 0 Å². The molecule has 5 heteroatoms. The van der Waals surface area contributed by atoms with E-state index in [1.807, 2.05) is 36.4 Å². The van der Waals surface area contributed by atoms with E-state index in [0.29, 0.717) is 12.1 Å². The molecule has 0 radical (unpaired) electrons. The van der Waals surface area contributed by atoms with Crippen LogP contribution in [0, 0.1) is 0 Å². The highest BCUT2D eigenvalue weighted by Crippen LogP contribution is 2.39. The maximum Gasteiger partial charge on any atom is 0.295 e. The van der Waals surface area contributed by atoms with Gasteiger partial charge in [0.05, 0.1) is 11.6 Å². The van der Waals surface area contributed by atoms with Gasteiger partial charge in [0.1, 0.15) is 5.76 Å². The van der Waals surface area contributed by atoms with Crippen LogP contribution < -0.4 is 0 Å². The van der Waals surface area contributed by atoms with Crippen molar-refractivity contribution >= 4 is 17.4 Å². The van der Waals surface area contributed by atoms with Gasteiger partial charge in [-0.3, -0.25) is 9.59 Å². The number of Topliss-reactive ketones (excluding diaryl/α,β-unsaturated/α-hetero) is 1. The number of aliphatic hydroxyl groups is 1. The molecule has 0 spiro atoms. The molecule has 0 bridgehead atoms. The van der Waals surface area contributed by atoms with Crippen LogP contribution in [0.3, 0.4) is 0 Å². The van der Waals surface area contributed by atoms with E-state index in [1.165, 1.54) is 0 Å². The lowest BCUT2D eigenvalue weighted by molar-refractivity contribution is -0.140. The summed E-state index contributed by atoms with van der Waals surface area (Å²) in [7, 11) is 0. The summed E-state index contributed by atoms with van der Waals surface area (Å²) in [4.78, 5) is 29.7. The fraction of sp³-hybridized carbons (Fsp3) is 0.333. The third-order valence-electron chi connectivity index (χ3n) is 5.47. The number of carbonyl (C=O) groups excluding carboxylic acids is 2. The van der Waals surface area contributed by atoms with Gasteiger partial charge in [0.15, 0.2) is 0 Å². The number of hydrogen-bond donors (Lipinski definition) is 1. The van der Waals surface area contributed by atoms with Gasteiger partial charge < -0.3 is 14.9 Å². The molecule has 0 aliphatic carbocycles. The molecule has 152 valence electrons. The average Bonchev–Trinajstić information content (AvgIpc) is 3.02. The largest absolute Gasteiger partial charge is 0.507 e. The summed E-state index contributed by atoms with van der Waals surface area (Å²) < 4.78 is 0. The quantitative estimate of drug-likeness (QED) is 0.421. The Morgan fingerprint density at radius 3 is 2.14 bits per heavy atom. The number of benzene rings is 2. The predicted octanol–water partition coefficient (Wildman–Crippen LogP) is 3.84. The number of amides is 1. The molecule has 1 aliphatic heterocycles. The maximum absolute atomic E-state index is 12.9. The van der Waals surface area contributed by atoms with Crippen molar-refractivity contribution in [3.05, 3.63) is 77.4 Å². The highest BCUT2D eigenvalue weighted by Gasteiger charge is 2.45. The van der Waals surface area contributed by atoms with Crippen molar-refractivity contribution in [1.82, 2.24) is 9.80 Å². The zero-order chi connectivity index (χ0) is 20.8. The molecule has 0 unspecified atom stereocenters. The summed E-state index contributed by atoms with van der Waals surface area (Å²) in [6.45, 7) is 7.44. The molecule has 1 fully saturated rings. The molecule has 3 rings (SSSR count). The Morgan fingerprint density at radius 1 is 0.966 bits per heavy atom. The molecule has 5 nitrogen and oxygen atoms in total. The van der Waals surface area contributed by atoms with E-state index >= 15 is 0 Å². The van der Waals surface area contributed by atoms with E-state index in [0.717, 1.165) is 31.6 Å². The molecule has 2 aromatic rings. The van der Waals surface area contributed by atoms with Crippen LogP contribution in [-0.2, 0) is 9.59 Å². The molecular formula is C24H28N2O3. The van der Waals surface area contributed by atoms with Crippen molar-refractivity contribution in [2.75, 3.05) is 26.2 Å². The summed E-state index contributed by atoms with van der Waals surface area (Å²) in [5.41, 5.74) is 1.52. The highest BCUT2D eigenvalue weighted by molar-refractivity contribution is 6.46. The van der Waals surface area contributed by atoms with Crippen molar-refractivity contribution < 1.29 is 14.7 Å². The molecule has 0 saturated carbocycles. The maximum atomic E-state index is 12.9. The van der Waals surface area contributed by atoms with Gasteiger partial charge in [0, 0.05) is 12.1 Å². The first-order valence-corrected chi connectivity index (χ1v) is 10.2. The Morgan fingerprint density at radius 2 is 1.55 bits per heavy atom. The van der Waals surface area contributed by atoms with E-state index in [2.05, 4.69) is 18.7 Å². The first-order chi connectivity index (χ1) is 14.1. The molecular weight excluding hydrogens is 364 g/mol. The standard InChI is InChI=1S/C24H28N2O3/c1-3-25(4-2)16-11-17-26-21(18-12-7-5-8-13-18)20(23(28)24(26)29)22(27)19-14-9-6-10-15-19/h5-10,12-15,21,27H,3-4,11,16-17H2,1-2H3/t21-/m1/s1. The van der Waals surface area contributed by atoms with Gasteiger partial charge >= 0.3 is 0 Å². The van der Waals surface area contributed by atoms with E-state index in [1.54, 1.807) is 29.2 Å². The van der Waals surface area contributed by atoms with E-state index < -0.39 is 17.7 Å². The van der Waals surface area contributed by atoms with Crippen molar-refractivity contribution in [3.63, 3.8) is 0 Å². The molecule has 1 atom stereocenters. The summed E-state index contributed by atoms with van der Waals surface area (Å²) >= 11 is 0. The highest BCUT2D eigenvalue weighted by atomic mass is 16.3. The van der Waals surface area contributed by atoms with Gasteiger partial charge in [0.25, 0.3) is 11.7 Å². The number of hydrogen-bond acceptors (Lipinski definition) is 4. The second-order valence-electron chi connectivity index (χ2n) is 7.15. The Hall–Kier alpha value is -2.92. The van der Waals surface area contributed by atoms with E-state index in [9.17, 15) is 14.7 Å². The second-order valence-corrected chi connectivity index (χ2v) is 7.15. The van der Waals surface area contributed by atoms with Gasteiger partial charge in [-0.05, 0) is 31.6 Å². The van der Waals surface area contributed by atoms with Gasteiger partial charge in [-0.2, -0.15) is 0 Å². The van der Waals surface area contributed by atoms with Crippen LogP contribution in [-0.4, -0.2) is 52.8 Å². The lowest BCUT2D eigenvalue weighted by atomic mass is 9.95. The van der Waals surface area contributed by atoms with Gasteiger partial charge in [-0.15, -0.1) is 0 Å². The third-order valence-corrected chi connectivity index (χ3v) is 5.47. The lowest BCUT2D eigenvalue weighted by Gasteiger charge is -2.26. The monoisotopic (exact) mass is 392 g/mol. The van der Waals surface area contributed by atoms with Crippen LogP contribution in [0.15, 0.2) is 66.2 Å². The first kappa shape index (κ1) is 20.8. The van der Waals surface area contributed by atoms with Gasteiger partial charge in [-0.1, -0.05) is 74.5 Å². The Labute approximate surface area is 172 Å². The number of rotatable bonds is 8. The summed E-state index contributed by atoms with van der Waals surface area (Å²) in [6.07, 6.45) is 0.767. The minimum absolute atomic E-state index is 0.121. The minimum atomic E-state index is -0.622. The Kier molecular flexibility index (Phi) is 6.83. The number of likely N-dealkylation sites (tertiary alicyclic amines) is 1. The second kappa shape index (κ2) is 9.52. The zero-order valence-electron chi connectivity index (χ0n) is 17.0. The predicted molar refractivity (Wildman–Crippen MR) is 114 cm³/mol. The number of ketones is 1. The third kappa shape index (κ3) is 4.40. The molecule has 1 saturated heterocycles. The minimum Gasteiger partial charge on any atom is -0.507 e. The zero-order valence-corrected chi connectivity index (χ0v) is 17.0. The Balaban J connectivity index is 1.98. The molecule has 1 N–H and O–H groups in total. The fourth-order valence-electron chi connectivity index (χ4n) is 3.85. The summed E-state index contributed by atoms with van der Waals surface area (Å²) in [6, 6.07) is 17.8. The molecule has 0 aromatic heterocycles. The van der Waals surface area contributed by atoms with Gasteiger partial charge in [0.2, 0.25) is 0 Å². The van der Waals surface area contributed by atoms with Crippen LogP contribution in [0.2, 0.25) is 0 Å². The Bertz CT molecular complexity index is 874. The molecule has 1 aliphatic rings. The summed E-state index contributed by atoms with van der Waals surface area (Å²) in [5, 5.41) is 10.9. The number of carbonyl (C=O) groups is 2. The normalized spacial score (nSPS) is 18.6. The number of nitrogens with zero attached hydrogens (tertiary/aromatic N) is 2. The molecule has 2 aromatic carbocycles. The van der Waals surface area contributed by atoms with Crippen LogP contribution in [0.1, 0.15) is 37.4 Å². The molecule has 1 heterocycles. The van der Waals surface area contributed by atoms with Crippen LogP contribution in [0.4, 0.5) is 0 Å². The van der Waals surface area contributed by atoms with Crippen molar-refractivity contribution in [2.24, 2.45) is 0 Å². The number of aliphatic hydroxyl groups excluding tert-OH is 1. The average molecular weight is 392 g/mol. The topological polar surface area (TPSA) is 60.9 Å². The van der Waals surface area contributed by atoms with Gasteiger partial charge in [-0.25, -0.2) is 0 Å². The van der Waals surface area contributed by atoms with Crippen LogP contribution in [0.25, 0.3) is 5.76 Å². The van der Waals surface area contributed by atoms with Crippen LogP contribution >= 0.6 is 0 Å². The van der Waals surface area contributed by atoms with Crippen molar-refractivity contribution in [1.29, 1.82) is 0 Å². The van der Waals surface area contributed by atoms with Crippen LogP contribution in [0.5, 0.6) is 0 Å². The SMILES string of the molecule is CCN(CC)CCCN1C(=O)C(=O)C(=C(O)c2ccccc2)[C@H]1c1ccccc1. The van der Waals surface area contributed by atoms with E-state index in [4.69, 9.17) is 0 Å².